The molecule has 1 atom stereocenters. The van der Waals surface area contributed by atoms with Crippen molar-refractivity contribution in [2.24, 2.45) is 0 Å². The first-order valence-electron chi connectivity index (χ1n) is 9.46. The summed E-state index contributed by atoms with van der Waals surface area (Å²) in [5.41, 5.74) is 1.33. The third kappa shape index (κ3) is 8.04. The van der Waals surface area contributed by atoms with Crippen LogP contribution in [0.4, 0.5) is 5.69 Å². The van der Waals surface area contributed by atoms with Gasteiger partial charge in [0, 0.05) is 38.4 Å². The summed E-state index contributed by atoms with van der Waals surface area (Å²) in [5.74, 6) is 0. The first-order valence-corrected chi connectivity index (χ1v) is 16.3. The molecule has 6 heteroatoms. The van der Waals surface area contributed by atoms with E-state index in [1.165, 1.54) is 5.69 Å². The Bertz CT molecular complexity index is 506. The molecule has 0 aliphatic carbocycles. The van der Waals surface area contributed by atoms with E-state index >= 15 is 0 Å². The molecule has 25 heavy (non-hydrogen) atoms. The normalized spacial score (nSPS) is 18.4. The Hall–Kier alpha value is -0.666. The van der Waals surface area contributed by atoms with Crippen molar-refractivity contribution in [2.75, 3.05) is 44.2 Å². The van der Waals surface area contributed by atoms with Crippen LogP contribution in [0, 0.1) is 0 Å². The number of rotatable bonds is 8. The molecule has 0 aromatic heterocycles. The maximum atomic E-state index is 6.43. The van der Waals surface area contributed by atoms with Gasteiger partial charge < -0.3 is 13.8 Å². The average molecular weight is 381 g/mol. The summed E-state index contributed by atoms with van der Waals surface area (Å²) in [4.78, 5) is 5.02. The SMILES string of the molecule is C[Si](C)(C)OCC(CN1CCN(c2ccccc2)CC1)O[Si](C)(C)C. The van der Waals surface area contributed by atoms with Crippen LogP contribution in [0.3, 0.4) is 0 Å². The van der Waals surface area contributed by atoms with Gasteiger partial charge in [0.1, 0.15) is 0 Å². The van der Waals surface area contributed by atoms with E-state index in [1.807, 2.05) is 0 Å². The third-order valence-electron chi connectivity index (χ3n) is 4.18. The maximum Gasteiger partial charge on any atom is 0.184 e. The van der Waals surface area contributed by atoms with Gasteiger partial charge in [0.05, 0.1) is 12.7 Å². The van der Waals surface area contributed by atoms with E-state index in [1.54, 1.807) is 0 Å². The predicted molar refractivity (Wildman–Crippen MR) is 113 cm³/mol. The Morgan fingerprint density at radius 2 is 1.48 bits per heavy atom. The van der Waals surface area contributed by atoms with E-state index in [9.17, 15) is 0 Å². The molecule has 0 saturated carbocycles. The minimum atomic E-state index is -1.57. The van der Waals surface area contributed by atoms with Crippen LogP contribution < -0.4 is 4.90 Å². The van der Waals surface area contributed by atoms with Crippen molar-refractivity contribution in [1.29, 1.82) is 0 Å². The first kappa shape index (κ1) is 20.6. The quantitative estimate of drug-likeness (QED) is 0.639. The van der Waals surface area contributed by atoms with Crippen molar-refractivity contribution < 1.29 is 8.85 Å². The van der Waals surface area contributed by atoms with Crippen LogP contribution in [0.2, 0.25) is 39.3 Å². The maximum absolute atomic E-state index is 6.43. The number of benzene rings is 1. The standard InChI is InChI=1S/C19H36N2O2Si2/c1-24(2,3)22-17-19(23-25(4,5)6)16-20-12-14-21(15-13-20)18-10-8-7-9-11-18/h7-11,19H,12-17H2,1-6H3. The van der Waals surface area contributed by atoms with Crippen LogP contribution in [-0.4, -0.2) is 67.0 Å². The average Bonchev–Trinajstić information content (AvgIpc) is 2.52. The van der Waals surface area contributed by atoms with Gasteiger partial charge in [0.15, 0.2) is 16.6 Å². The smallest absolute Gasteiger partial charge is 0.184 e. The summed E-state index contributed by atoms with van der Waals surface area (Å²) < 4.78 is 12.6. The highest BCUT2D eigenvalue weighted by Crippen LogP contribution is 2.17. The Morgan fingerprint density at radius 1 is 0.880 bits per heavy atom. The van der Waals surface area contributed by atoms with Gasteiger partial charge in [-0.1, -0.05) is 18.2 Å². The highest BCUT2D eigenvalue weighted by atomic mass is 28.4. The Kier molecular flexibility index (Phi) is 7.28. The zero-order valence-electron chi connectivity index (χ0n) is 16.9. The second kappa shape index (κ2) is 8.82. The lowest BCUT2D eigenvalue weighted by atomic mass is 10.2. The lowest BCUT2D eigenvalue weighted by Gasteiger charge is -2.39. The molecule has 1 aromatic carbocycles. The van der Waals surface area contributed by atoms with Gasteiger partial charge in [-0.25, -0.2) is 0 Å². The van der Waals surface area contributed by atoms with E-state index in [0.29, 0.717) is 0 Å². The van der Waals surface area contributed by atoms with Crippen molar-refractivity contribution in [3.05, 3.63) is 30.3 Å². The fourth-order valence-electron chi connectivity index (χ4n) is 3.08. The summed E-state index contributed by atoms with van der Waals surface area (Å²) in [6.07, 6.45) is 0.196. The Morgan fingerprint density at radius 3 is 2.00 bits per heavy atom. The van der Waals surface area contributed by atoms with Gasteiger partial charge in [-0.15, -0.1) is 0 Å². The second-order valence-electron chi connectivity index (χ2n) is 8.90. The van der Waals surface area contributed by atoms with E-state index in [2.05, 4.69) is 79.4 Å². The highest BCUT2D eigenvalue weighted by Gasteiger charge is 2.27. The summed E-state index contributed by atoms with van der Waals surface area (Å²) in [7, 11) is -3.08. The number of hydrogen-bond donors (Lipinski definition) is 0. The molecule has 1 unspecified atom stereocenters. The molecular weight excluding hydrogens is 344 g/mol. The molecule has 1 aromatic rings. The largest absolute Gasteiger partial charge is 0.415 e. The zero-order chi connectivity index (χ0) is 18.5. The van der Waals surface area contributed by atoms with Crippen molar-refractivity contribution in [3.8, 4) is 0 Å². The van der Waals surface area contributed by atoms with Crippen LogP contribution in [0.15, 0.2) is 30.3 Å². The van der Waals surface area contributed by atoms with Crippen LogP contribution in [0.5, 0.6) is 0 Å². The minimum Gasteiger partial charge on any atom is -0.415 e. The molecule has 0 spiro atoms. The van der Waals surface area contributed by atoms with Crippen molar-refractivity contribution in [2.45, 2.75) is 45.4 Å². The van der Waals surface area contributed by atoms with Gasteiger partial charge in [-0.05, 0) is 51.4 Å². The summed E-state index contributed by atoms with van der Waals surface area (Å²) >= 11 is 0. The topological polar surface area (TPSA) is 24.9 Å². The molecule has 1 aliphatic rings. The molecule has 1 aliphatic heterocycles. The van der Waals surface area contributed by atoms with Crippen LogP contribution in [0.25, 0.3) is 0 Å². The Labute approximate surface area is 156 Å². The van der Waals surface area contributed by atoms with Gasteiger partial charge in [-0.2, -0.15) is 0 Å². The summed E-state index contributed by atoms with van der Waals surface area (Å²) in [5, 5.41) is 0. The molecule has 0 radical (unpaired) electrons. The molecule has 1 fully saturated rings. The molecule has 1 saturated heterocycles. The summed E-state index contributed by atoms with van der Waals surface area (Å²) in [6, 6.07) is 10.7. The van der Waals surface area contributed by atoms with E-state index < -0.39 is 16.6 Å². The predicted octanol–water partition coefficient (Wildman–Crippen LogP) is 3.88. The molecule has 0 amide bonds. The number of anilines is 1. The zero-order valence-corrected chi connectivity index (χ0v) is 18.9. The molecule has 2 rings (SSSR count). The number of piperazine rings is 1. The fraction of sp³-hybridized carbons (Fsp3) is 0.684. The monoisotopic (exact) mass is 380 g/mol. The van der Waals surface area contributed by atoms with E-state index in [4.69, 9.17) is 8.85 Å². The molecular formula is C19H36N2O2Si2. The van der Waals surface area contributed by atoms with Gasteiger partial charge >= 0.3 is 0 Å². The number of para-hydroxylation sites is 1. The van der Waals surface area contributed by atoms with Crippen LogP contribution in [0.1, 0.15) is 0 Å². The molecule has 1 heterocycles. The lowest BCUT2D eigenvalue weighted by molar-refractivity contribution is 0.0763. The molecule has 0 N–H and O–H groups in total. The van der Waals surface area contributed by atoms with E-state index in [-0.39, 0.29) is 6.10 Å². The van der Waals surface area contributed by atoms with E-state index in [0.717, 1.165) is 39.3 Å². The number of nitrogens with zero attached hydrogens (tertiary/aromatic N) is 2. The van der Waals surface area contributed by atoms with Gasteiger partial charge in [-0.3, -0.25) is 4.90 Å². The van der Waals surface area contributed by atoms with Crippen molar-refractivity contribution in [1.82, 2.24) is 4.90 Å². The minimum absolute atomic E-state index is 0.196. The summed E-state index contributed by atoms with van der Waals surface area (Å²) in [6.45, 7) is 19.6. The Balaban J connectivity index is 1.86. The fourth-order valence-corrected chi connectivity index (χ4v) is 4.91. The van der Waals surface area contributed by atoms with Crippen molar-refractivity contribution in [3.63, 3.8) is 0 Å². The third-order valence-corrected chi connectivity index (χ3v) is 6.25. The van der Waals surface area contributed by atoms with Crippen LogP contribution in [-0.2, 0) is 8.85 Å². The second-order valence-corrected chi connectivity index (χ2v) is 17.9. The van der Waals surface area contributed by atoms with Gasteiger partial charge in [0.2, 0.25) is 0 Å². The van der Waals surface area contributed by atoms with Gasteiger partial charge in [0.25, 0.3) is 0 Å². The molecule has 4 nitrogen and oxygen atoms in total. The molecule has 142 valence electrons. The van der Waals surface area contributed by atoms with Crippen LogP contribution >= 0.6 is 0 Å². The van der Waals surface area contributed by atoms with Crippen molar-refractivity contribution >= 4 is 22.3 Å². The highest BCUT2D eigenvalue weighted by molar-refractivity contribution is 6.70. The molecule has 0 bridgehead atoms. The lowest BCUT2D eigenvalue weighted by Crippen LogP contribution is -2.51. The first-order chi connectivity index (χ1) is 11.6. The number of hydrogen-bond acceptors (Lipinski definition) is 4.